The third kappa shape index (κ3) is 5.88. The molecule has 0 spiro atoms. The number of aliphatic hydroxyl groups is 1. The molecule has 1 amide bonds. The van der Waals surface area contributed by atoms with Gasteiger partial charge in [0, 0.05) is 12.0 Å². The number of amides is 1. The van der Waals surface area contributed by atoms with E-state index in [2.05, 4.69) is 18.8 Å². The molecule has 2 aliphatic rings. The molecule has 1 N–H and O–H groups in total. The Kier molecular flexibility index (Phi) is 8.96. The number of aliphatic hydroxyl groups excluding tert-OH is 1. The average Bonchev–Trinajstić information content (AvgIpc) is 3.64. The van der Waals surface area contributed by atoms with Crippen LogP contribution in [0.3, 0.4) is 0 Å². The van der Waals surface area contributed by atoms with Crippen LogP contribution in [-0.2, 0) is 20.7 Å². The number of nitrogens with zero attached hydrogens (tertiary/aromatic N) is 2. The number of ether oxygens (including phenoxy) is 4. The highest BCUT2D eigenvalue weighted by Gasteiger charge is 2.49. The number of hydrogen-bond donors (Lipinski definition) is 1. The summed E-state index contributed by atoms with van der Waals surface area (Å²) >= 11 is 0.942. The molecule has 1 aromatic heterocycles. The van der Waals surface area contributed by atoms with Gasteiger partial charge in [-0.25, -0.2) is 9.78 Å². The fourth-order valence-electron chi connectivity index (χ4n) is 5.32. The molecule has 0 bridgehead atoms. The molecule has 3 aromatic rings. The monoisotopic (exact) mass is 620 g/mol. The van der Waals surface area contributed by atoms with Crippen LogP contribution in [0.4, 0.5) is 5.13 Å². The zero-order valence-corrected chi connectivity index (χ0v) is 26.4. The van der Waals surface area contributed by atoms with Crippen molar-refractivity contribution in [2.24, 2.45) is 5.92 Å². The summed E-state index contributed by atoms with van der Waals surface area (Å²) < 4.78 is 22.6. The van der Waals surface area contributed by atoms with Gasteiger partial charge in [-0.3, -0.25) is 14.5 Å². The Hall–Kier alpha value is -4.38. The van der Waals surface area contributed by atoms with Gasteiger partial charge in [0.05, 0.1) is 37.6 Å². The van der Waals surface area contributed by atoms with Gasteiger partial charge in [0.2, 0.25) is 0 Å². The quantitative estimate of drug-likeness (QED) is 0.126. The van der Waals surface area contributed by atoms with Crippen molar-refractivity contribution in [3.05, 3.63) is 69.2 Å². The Morgan fingerprint density at radius 3 is 2.64 bits per heavy atom. The minimum atomic E-state index is -1.07. The van der Waals surface area contributed by atoms with Crippen LogP contribution in [0.5, 0.6) is 17.2 Å². The molecule has 2 unspecified atom stereocenters. The number of aromatic nitrogens is 1. The summed E-state index contributed by atoms with van der Waals surface area (Å²) in [7, 11) is 1.26. The van der Waals surface area contributed by atoms with Crippen molar-refractivity contribution in [3.8, 4) is 17.2 Å². The first-order valence-electron chi connectivity index (χ1n) is 14.6. The molecule has 0 aliphatic carbocycles. The summed E-state index contributed by atoms with van der Waals surface area (Å²) in [6.45, 7) is 10.5. The van der Waals surface area contributed by atoms with E-state index in [0.717, 1.165) is 23.3 Å². The zero-order chi connectivity index (χ0) is 31.7. The minimum absolute atomic E-state index is 0.0108. The van der Waals surface area contributed by atoms with Crippen LogP contribution in [0.2, 0.25) is 0 Å². The smallest absolute Gasteiger partial charge is 0.350 e. The lowest BCUT2D eigenvalue weighted by molar-refractivity contribution is -0.132. The van der Waals surface area contributed by atoms with Crippen LogP contribution < -0.4 is 19.1 Å². The topological polar surface area (TPSA) is 124 Å². The van der Waals surface area contributed by atoms with Crippen molar-refractivity contribution < 1.29 is 38.4 Å². The maximum Gasteiger partial charge on any atom is 0.350 e. The maximum absolute atomic E-state index is 13.7. The number of benzene rings is 2. The Morgan fingerprint density at radius 2 is 1.93 bits per heavy atom. The van der Waals surface area contributed by atoms with E-state index in [1.165, 1.54) is 12.0 Å². The second kappa shape index (κ2) is 12.7. The van der Waals surface area contributed by atoms with Gasteiger partial charge in [0.25, 0.3) is 5.78 Å². The van der Waals surface area contributed by atoms with E-state index in [1.807, 2.05) is 13.8 Å². The van der Waals surface area contributed by atoms with Gasteiger partial charge >= 0.3 is 11.9 Å². The molecule has 10 nitrogen and oxygen atoms in total. The molecular formula is C33H36N2O8S. The molecule has 1 saturated heterocycles. The van der Waals surface area contributed by atoms with E-state index in [0.29, 0.717) is 59.6 Å². The summed E-state index contributed by atoms with van der Waals surface area (Å²) in [6.07, 6.45) is 1.49. The van der Waals surface area contributed by atoms with Gasteiger partial charge in [-0.1, -0.05) is 31.3 Å². The van der Waals surface area contributed by atoms with Crippen LogP contribution in [0.15, 0.2) is 42.0 Å². The molecule has 2 aromatic carbocycles. The van der Waals surface area contributed by atoms with E-state index in [1.54, 1.807) is 43.3 Å². The Labute approximate surface area is 260 Å². The molecule has 5 rings (SSSR count). The Morgan fingerprint density at radius 1 is 1.16 bits per heavy atom. The first-order valence-corrected chi connectivity index (χ1v) is 15.4. The predicted molar refractivity (Wildman–Crippen MR) is 166 cm³/mol. The SMILES string of the molecule is CCOc1cc(C2/C(=C(\O)c3ccc4c(c3)CC(C)O4)C(=O)C(=O)N2c2nc(C)c(C(=O)OC)s2)ccc1OCCC(C)C. The highest BCUT2D eigenvalue weighted by Crippen LogP contribution is 2.46. The number of rotatable bonds is 10. The number of ketones is 1. The largest absolute Gasteiger partial charge is 0.507 e. The number of carbonyl (C=O) groups is 3. The fraction of sp³-hybridized carbons (Fsp3) is 0.394. The number of fused-ring (bicyclic) bond motifs is 1. The third-order valence-electron chi connectivity index (χ3n) is 7.51. The van der Waals surface area contributed by atoms with Gasteiger partial charge in [-0.05, 0) is 74.6 Å². The first-order chi connectivity index (χ1) is 21.0. The van der Waals surface area contributed by atoms with Gasteiger partial charge in [0.1, 0.15) is 22.5 Å². The summed E-state index contributed by atoms with van der Waals surface area (Å²) in [5.41, 5.74) is 2.02. The summed E-state index contributed by atoms with van der Waals surface area (Å²) in [4.78, 5) is 45.8. The molecular weight excluding hydrogens is 584 g/mol. The zero-order valence-electron chi connectivity index (χ0n) is 25.6. The number of anilines is 1. The lowest BCUT2D eigenvalue weighted by atomic mass is 9.94. The number of carbonyl (C=O) groups excluding carboxylic acids is 3. The second-order valence-electron chi connectivity index (χ2n) is 11.2. The highest BCUT2D eigenvalue weighted by molar-refractivity contribution is 7.17. The van der Waals surface area contributed by atoms with Gasteiger partial charge in [-0.2, -0.15) is 0 Å². The molecule has 3 heterocycles. The highest BCUT2D eigenvalue weighted by atomic mass is 32.1. The van der Waals surface area contributed by atoms with E-state index in [-0.39, 0.29) is 27.4 Å². The van der Waals surface area contributed by atoms with Crippen molar-refractivity contribution in [1.29, 1.82) is 0 Å². The van der Waals surface area contributed by atoms with E-state index in [4.69, 9.17) is 18.9 Å². The van der Waals surface area contributed by atoms with Gasteiger partial charge < -0.3 is 24.1 Å². The lowest BCUT2D eigenvalue weighted by Gasteiger charge is -2.24. The molecule has 0 saturated carbocycles. The maximum atomic E-state index is 13.7. The average molecular weight is 621 g/mol. The summed E-state index contributed by atoms with van der Waals surface area (Å²) in [5.74, 6) is -0.544. The number of methoxy groups -OCH3 is 1. The first kappa shape index (κ1) is 31.1. The van der Waals surface area contributed by atoms with Crippen molar-refractivity contribution in [3.63, 3.8) is 0 Å². The molecule has 2 aliphatic heterocycles. The Balaban J connectivity index is 1.66. The number of aryl methyl sites for hydroxylation is 1. The minimum Gasteiger partial charge on any atom is -0.507 e. The molecule has 1 fully saturated rings. The molecule has 232 valence electrons. The summed E-state index contributed by atoms with van der Waals surface area (Å²) in [5, 5.41) is 11.8. The van der Waals surface area contributed by atoms with Gasteiger partial charge in [-0.15, -0.1) is 0 Å². The molecule has 2 atom stereocenters. The van der Waals surface area contributed by atoms with Crippen LogP contribution >= 0.6 is 11.3 Å². The van der Waals surface area contributed by atoms with Crippen LogP contribution in [0.1, 0.15) is 72.2 Å². The van der Waals surface area contributed by atoms with Crippen LogP contribution in [-0.4, -0.2) is 54.2 Å². The van der Waals surface area contributed by atoms with E-state index < -0.39 is 23.7 Å². The lowest BCUT2D eigenvalue weighted by Crippen LogP contribution is -2.29. The van der Waals surface area contributed by atoms with E-state index in [9.17, 15) is 19.5 Å². The second-order valence-corrected chi connectivity index (χ2v) is 12.2. The summed E-state index contributed by atoms with van der Waals surface area (Å²) in [6, 6.07) is 9.31. The van der Waals surface area contributed by atoms with Crippen molar-refractivity contribution in [1.82, 2.24) is 4.98 Å². The van der Waals surface area contributed by atoms with Crippen molar-refractivity contribution in [2.45, 2.75) is 59.6 Å². The van der Waals surface area contributed by atoms with E-state index >= 15 is 0 Å². The molecule has 44 heavy (non-hydrogen) atoms. The van der Waals surface area contributed by atoms with Gasteiger partial charge in [0.15, 0.2) is 16.6 Å². The number of esters is 1. The van der Waals surface area contributed by atoms with Crippen LogP contribution in [0.25, 0.3) is 5.76 Å². The van der Waals surface area contributed by atoms with Crippen molar-refractivity contribution >= 4 is 39.9 Å². The molecule has 11 heteroatoms. The van der Waals surface area contributed by atoms with Crippen molar-refractivity contribution in [2.75, 3.05) is 25.2 Å². The normalized spacial score (nSPS) is 18.8. The Bertz CT molecular complexity index is 1640. The van der Waals surface area contributed by atoms with Crippen LogP contribution in [0, 0.1) is 12.8 Å². The molecule has 0 radical (unpaired) electrons. The number of thiazole rings is 1. The predicted octanol–water partition coefficient (Wildman–Crippen LogP) is 6.01. The number of Topliss-reactive ketones (excluding diaryl/α,β-unsaturated/α-hetero) is 1. The fourth-order valence-corrected chi connectivity index (χ4v) is 6.34. The standard InChI is InChI=1S/C33H36N2O8S/c1-7-41-25-16-20(8-11-24(25)42-13-12-17(2)3)27-26(28(36)21-9-10-23-22(15-21)14-18(4)43-23)29(37)31(38)35(27)33-34-19(5)30(44-33)32(39)40-6/h8-11,15-18,27,36H,7,12-14H2,1-6H3/b28-26+. The third-order valence-corrected chi connectivity index (χ3v) is 8.65. The number of hydrogen-bond acceptors (Lipinski definition) is 10.